The lowest BCUT2D eigenvalue weighted by atomic mass is 10.2. The first-order chi connectivity index (χ1) is 12.5. The topological polar surface area (TPSA) is 75.7 Å². The molecular formula is C19H22N2O4S. The van der Waals surface area contributed by atoms with E-state index in [-0.39, 0.29) is 10.8 Å². The molecule has 0 spiro atoms. The molecule has 1 heterocycles. The van der Waals surface area contributed by atoms with E-state index in [1.807, 2.05) is 6.92 Å². The fourth-order valence-electron chi connectivity index (χ4n) is 2.91. The highest BCUT2D eigenvalue weighted by Crippen LogP contribution is 2.21. The van der Waals surface area contributed by atoms with Crippen molar-refractivity contribution in [2.24, 2.45) is 0 Å². The van der Waals surface area contributed by atoms with Crippen LogP contribution in [0.2, 0.25) is 0 Å². The van der Waals surface area contributed by atoms with Crippen LogP contribution in [0.4, 0.5) is 5.69 Å². The summed E-state index contributed by atoms with van der Waals surface area (Å²) in [6, 6.07) is 12.8. The number of carbonyl (C=O) groups excluding carboxylic acids is 1. The zero-order chi connectivity index (χ0) is 18.6. The number of ether oxygens (including phenoxy) is 1. The molecule has 26 heavy (non-hydrogen) atoms. The van der Waals surface area contributed by atoms with E-state index in [1.165, 1.54) is 12.1 Å². The Balaban J connectivity index is 1.77. The van der Waals surface area contributed by atoms with Crippen LogP contribution in [0.3, 0.4) is 0 Å². The van der Waals surface area contributed by atoms with Crippen LogP contribution in [-0.4, -0.2) is 38.9 Å². The Morgan fingerprint density at radius 3 is 2.46 bits per heavy atom. The quantitative estimate of drug-likeness (QED) is 0.843. The smallest absolute Gasteiger partial charge is 0.261 e. The van der Waals surface area contributed by atoms with E-state index in [2.05, 4.69) is 4.72 Å². The van der Waals surface area contributed by atoms with Gasteiger partial charge in [0, 0.05) is 24.3 Å². The number of carbonyl (C=O) groups is 1. The van der Waals surface area contributed by atoms with Crippen LogP contribution in [0.1, 0.15) is 30.1 Å². The van der Waals surface area contributed by atoms with Gasteiger partial charge in [0.05, 0.1) is 11.5 Å². The molecule has 138 valence electrons. The zero-order valence-corrected chi connectivity index (χ0v) is 15.5. The van der Waals surface area contributed by atoms with Gasteiger partial charge in [-0.3, -0.25) is 9.52 Å². The second kappa shape index (κ2) is 7.78. The maximum atomic E-state index is 12.6. The number of hydrogen-bond donors (Lipinski definition) is 1. The molecule has 2 aromatic rings. The van der Waals surface area contributed by atoms with E-state index in [4.69, 9.17) is 4.74 Å². The monoisotopic (exact) mass is 374 g/mol. The normalized spacial score (nSPS) is 14.3. The number of rotatable bonds is 6. The summed E-state index contributed by atoms with van der Waals surface area (Å²) < 4.78 is 33.0. The Morgan fingerprint density at radius 1 is 1.12 bits per heavy atom. The molecule has 0 saturated carbocycles. The number of anilines is 1. The Hall–Kier alpha value is -2.54. The van der Waals surface area contributed by atoms with Gasteiger partial charge in [0.25, 0.3) is 15.9 Å². The van der Waals surface area contributed by atoms with Gasteiger partial charge in [-0.15, -0.1) is 0 Å². The molecular weight excluding hydrogens is 352 g/mol. The number of nitrogens with zero attached hydrogens (tertiary/aromatic N) is 1. The predicted molar refractivity (Wildman–Crippen MR) is 100.0 cm³/mol. The highest BCUT2D eigenvalue weighted by atomic mass is 32.2. The third-order valence-corrected chi connectivity index (χ3v) is 5.60. The number of likely N-dealkylation sites (tertiary alicyclic amines) is 1. The summed E-state index contributed by atoms with van der Waals surface area (Å²) >= 11 is 0. The van der Waals surface area contributed by atoms with E-state index in [9.17, 15) is 13.2 Å². The van der Waals surface area contributed by atoms with Crippen LogP contribution >= 0.6 is 0 Å². The maximum absolute atomic E-state index is 12.6. The summed E-state index contributed by atoms with van der Waals surface area (Å²) in [5.41, 5.74) is 0.850. The Morgan fingerprint density at radius 2 is 1.81 bits per heavy atom. The molecule has 6 nitrogen and oxygen atoms in total. The minimum absolute atomic E-state index is 0.0652. The van der Waals surface area contributed by atoms with Gasteiger partial charge < -0.3 is 9.64 Å². The molecule has 7 heteroatoms. The molecule has 1 fully saturated rings. The third-order valence-electron chi connectivity index (χ3n) is 4.20. The summed E-state index contributed by atoms with van der Waals surface area (Å²) in [5.74, 6) is 0.550. The van der Waals surface area contributed by atoms with Gasteiger partial charge in [-0.05, 0) is 62.2 Å². The molecule has 2 aromatic carbocycles. The second-order valence-electron chi connectivity index (χ2n) is 6.09. The molecule has 1 aliphatic rings. The van der Waals surface area contributed by atoms with Gasteiger partial charge in [-0.2, -0.15) is 0 Å². The lowest BCUT2D eigenvalue weighted by Crippen LogP contribution is -2.27. The molecule has 1 N–H and O–H groups in total. The van der Waals surface area contributed by atoms with Gasteiger partial charge in [0.2, 0.25) is 0 Å². The van der Waals surface area contributed by atoms with Crippen LogP contribution in [0.25, 0.3) is 0 Å². The van der Waals surface area contributed by atoms with Crippen LogP contribution < -0.4 is 9.46 Å². The van der Waals surface area contributed by atoms with E-state index < -0.39 is 10.0 Å². The van der Waals surface area contributed by atoms with Crippen molar-refractivity contribution in [2.45, 2.75) is 24.7 Å². The molecule has 0 aromatic heterocycles. The highest BCUT2D eigenvalue weighted by molar-refractivity contribution is 7.92. The van der Waals surface area contributed by atoms with E-state index >= 15 is 0 Å². The van der Waals surface area contributed by atoms with Crippen molar-refractivity contribution in [1.29, 1.82) is 0 Å². The van der Waals surface area contributed by atoms with Crippen LogP contribution in [0.5, 0.6) is 5.75 Å². The number of sulfonamides is 1. The van der Waals surface area contributed by atoms with Crippen molar-refractivity contribution in [3.05, 3.63) is 54.1 Å². The molecule has 0 atom stereocenters. The first-order valence-corrected chi connectivity index (χ1v) is 10.1. The van der Waals surface area contributed by atoms with Crippen LogP contribution in [0, 0.1) is 0 Å². The lowest BCUT2D eigenvalue weighted by molar-refractivity contribution is 0.0793. The minimum Gasteiger partial charge on any atom is -0.494 e. The predicted octanol–water partition coefficient (Wildman–Crippen LogP) is 3.12. The van der Waals surface area contributed by atoms with Gasteiger partial charge in [-0.1, -0.05) is 6.07 Å². The molecule has 1 amide bonds. The Bertz CT molecular complexity index is 873. The number of hydrogen-bond acceptors (Lipinski definition) is 4. The molecule has 0 aliphatic carbocycles. The largest absolute Gasteiger partial charge is 0.494 e. The summed E-state index contributed by atoms with van der Waals surface area (Å²) in [4.78, 5) is 14.4. The first-order valence-electron chi connectivity index (χ1n) is 8.64. The molecule has 1 aliphatic heterocycles. The summed E-state index contributed by atoms with van der Waals surface area (Å²) in [6.45, 7) is 3.88. The SMILES string of the molecule is CCOc1ccc(S(=O)(=O)Nc2cccc(C(=O)N3CCCC3)c2)cc1. The van der Waals surface area contributed by atoms with Gasteiger partial charge in [-0.25, -0.2) is 8.42 Å². The Labute approximate surface area is 153 Å². The van der Waals surface area contributed by atoms with Crippen molar-refractivity contribution in [1.82, 2.24) is 4.90 Å². The molecule has 0 unspecified atom stereocenters. The molecule has 0 bridgehead atoms. The van der Waals surface area contributed by atoms with Gasteiger partial charge in [0.1, 0.15) is 5.75 Å². The lowest BCUT2D eigenvalue weighted by Gasteiger charge is -2.16. The average Bonchev–Trinajstić information content (AvgIpc) is 3.16. The molecule has 0 radical (unpaired) electrons. The van der Waals surface area contributed by atoms with Crippen molar-refractivity contribution in [2.75, 3.05) is 24.4 Å². The number of benzene rings is 2. The maximum Gasteiger partial charge on any atom is 0.261 e. The highest BCUT2D eigenvalue weighted by Gasteiger charge is 2.20. The van der Waals surface area contributed by atoms with Crippen LogP contribution in [-0.2, 0) is 10.0 Å². The fraction of sp³-hybridized carbons (Fsp3) is 0.316. The van der Waals surface area contributed by atoms with E-state index in [1.54, 1.807) is 41.3 Å². The Kier molecular flexibility index (Phi) is 5.46. The van der Waals surface area contributed by atoms with Crippen molar-refractivity contribution >= 4 is 21.6 Å². The van der Waals surface area contributed by atoms with E-state index in [0.717, 1.165) is 25.9 Å². The van der Waals surface area contributed by atoms with Crippen molar-refractivity contribution in [3.63, 3.8) is 0 Å². The summed E-state index contributed by atoms with van der Waals surface area (Å²) in [7, 11) is -3.74. The van der Waals surface area contributed by atoms with E-state index in [0.29, 0.717) is 23.6 Å². The fourth-order valence-corrected chi connectivity index (χ4v) is 3.96. The molecule has 1 saturated heterocycles. The molecule has 3 rings (SSSR count). The standard InChI is InChI=1S/C19H22N2O4S/c1-2-25-17-8-10-18(11-9-17)26(23,24)20-16-7-5-6-15(14-16)19(22)21-12-3-4-13-21/h5-11,14,20H,2-4,12-13H2,1H3. The van der Waals surface area contributed by atoms with Gasteiger partial charge in [0.15, 0.2) is 0 Å². The average molecular weight is 374 g/mol. The third kappa shape index (κ3) is 4.16. The second-order valence-corrected chi connectivity index (χ2v) is 7.77. The van der Waals surface area contributed by atoms with Gasteiger partial charge >= 0.3 is 0 Å². The van der Waals surface area contributed by atoms with Crippen molar-refractivity contribution in [3.8, 4) is 5.75 Å². The number of nitrogens with one attached hydrogen (secondary N) is 1. The van der Waals surface area contributed by atoms with Crippen LogP contribution in [0.15, 0.2) is 53.4 Å². The van der Waals surface area contributed by atoms with Crippen molar-refractivity contribution < 1.29 is 17.9 Å². The number of amides is 1. The first kappa shape index (κ1) is 18.3. The summed E-state index contributed by atoms with van der Waals surface area (Å²) in [6.07, 6.45) is 2.02. The zero-order valence-electron chi connectivity index (χ0n) is 14.6. The minimum atomic E-state index is -3.74. The summed E-state index contributed by atoms with van der Waals surface area (Å²) in [5, 5.41) is 0.